The zero-order valence-corrected chi connectivity index (χ0v) is 21.3. The Labute approximate surface area is 208 Å². The van der Waals surface area contributed by atoms with Gasteiger partial charge in [-0.3, -0.25) is 4.79 Å². The number of amides is 1. The number of nitrogens with zero attached hydrogens (tertiary/aromatic N) is 4. The van der Waals surface area contributed by atoms with E-state index < -0.39 is 5.41 Å². The number of halogens is 3. The Balaban J connectivity index is 0.00000289. The summed E-state index contributed by atoms with van der Waals surface area (Å²) in [6.07, 6.45) is 3.19. The Bertz CT molecular complexity index is 915. The van der Waals surface area contributed by atoms with Crippen LogP contribution in [0.3, 0.4) is 0 Å². The van der Waals surface area contributed by atoms with E-state index in [1.807, 2.05) is 36.1 Å². The molecule has 0 saturated carbocycles. The van der Waals surface area contributed by atoms with Crippen LogP contribution in [0.25, 0.3) is 0 Å². The lowest BCUT2D eigenvalue weighted by atomic mass is 9.72. The lowest BCUT2D eigenvalue weighted by molar-refractivity contribution is -0.139. The Morgan fingerprint density at radius 1 is 1.16 bits per heavy atom. The molecule has 0 atom stereocenters. The number of rotatable bonds is 5. The van der Waals surface area contributed by atoms with E-state index in [0.717, 1.165) is 67.2 Å². The van der Waals surface area contributed by atoms with Crippen molar-refractivity contribution in [3.63, 3.8) is 0 Å². The molecular weight excluding hydrogens is 515 g/mol. The Hall–Kier alpha value is -1.61. The third-order valence-corrected chi connectivity index (χ3v) is 7.23. The highest BCUT2D eigenvalue weighted by Crippen LogP contribution is 2.37. The van der Waals surface area contributed by atoms with E-state index >= 15 is 0 Å². The highest BCUT2D eigenvalue weighted by Gasteiger charge is 2.44. The van der Waals surface area contributed by atoms with Crippen LogP contribution in [0.2, 0.25) is 5.02 Å². The van der Waals surface area contributed by atoms with Crippen molar-refractivity contribution in [2.24, 2.45) is 0 Å². The molecule has 2 fully saturated rings. The van der Waals surface area contributed by atoms with Gasteiger partial charge in [0.15, 0.2) is 0 Å². The average molecular weight is 544 g/mol. The molecular formula is C22H29BrCl2N6O. The van der Waals surface area contributed by atoms with Crippen LogP contribution in [-0.4, -0.2) is 66.6 Å². The van der Waals surface area contributed by atoms with Crippen molar-refractivity contribution >= 4 is 57.5 Å². The van der Waals surface area contributed by atoms with Gasteiger partial charge in [-0.15, -0.1) is 12.4 Å². The van der Waals surface area contributed by atoms with Crippen molar-refractivity contribution < 1.29 is 4.79 Å². The molecule has 3 heterocycles. The van der Waals surface area contributed by atoms with Crippen LogP contribution >= 0.6 is 39.9 Å². The summed E-state index contributed by atoms with van der Waals surface area (Å²) >= 11 is 9.75. The standard InChI is InChI=1S/C22H28BrClN6O.ClH/c1-2-26-19-18(23)20(28-15-27-19)29-11-13-30(14-12-29)21(31)22(7-9-25-10-8-22)16-3-5-17(24)6-4-16;/h3-6,15,25H,2,7-14H2,1H3,(H,26,27,28);1H. The zero-order valence-electron chi connectivity index (χ0n) is 18.1. The minimum atomic E-state index is -0.480. The molecule has 2 aliphatic rings. The maximum absolute atomic E-state index is 13.8. The lowest BCUT2D eigenvalue weighted by Crippen LogP contribution is -2.57. The summed E-state index contributed by atoms with van der Waals surface area (Å²) in [7, 11) is 0. The van der Waals surface area contributed by atoms with E-state index in [9.17, 15) is 4.79 Å². The van der Waals surface area contributed by atoms with Gasteiger partial charge in [0.05, 0.1) is 5.41 Å². The van der Waals surface area contributed by atoms with Crippen LogP contribution in [0, 0.1) is 0 Å². The SMILES string of the molecule is CCNc1ncnc(N2CCN(C(=O)C3(c4ccc(Cl)cc4)CCNCC3)CC2)c1Br.Cl. The fourth-order valence-corrected chi connectivity index (χ4v) is 5.27. The predicted molar refractivity (Wildman–Crippen MR) is 135 cm³/mol. The van der Waals surface area contributed by atoms with E-state index in [1.54, 1.807) is 6.33 Å². The molecule has 2 saturated heterocycles. The first kappa shape index (κ1) is 25.0. The first-order valence-electron chi connectivity index (χ1n) is 10.8. The van der Waals surface area contributed by atoms with Crippen molar-refractivity contribution in [3.8, 4) is 0 Å². The van der Waals surface area contributed by atoms with Crippen LogP contribution in [0.15, 0.2) is 35.1 Å². The van der Waals surface area contributed by atoms with E-state index in [4.69, 9.17) is 11.6 Å². The Morgan fingerprint density at radius 2 is 1.81 bits per heavy atom. The van der Waals surface area contributed by atoms with Gasteiger partial charge in [0.2, 0.25) is 5.91 Å². The van der Waals surface area contributed by atoms with Crippen molar-refractivity contribution in [1.29, 1.82) is 0 Å². The van der Waals surface area contributed by atoms with Crippen molar-refractivity contribution in [2.45, 2.75) is 25.2 Å². The Kier molecular flexibility index (Phi) is 8.61. The van der Waals surface area contributed by atoms with Crippen LogP contribution in [0.4, 0.5) is 11.6 Å². The first-order valence-corrected chi connectivity index (χ1v) is 12.0. The summed E-state index contributed by atoms with van der Waals surface area (Å²) in [6, 6.07) is 7.81. The van der Waals surface area contributed by atoms with Crippen molar-refractivity contribution in [3.05, 3.63) is 45.7 Å². The molecule has 0 aliphatic carbocycles. The second kappa shape index (κ2) is 11.0. The number of hydrogen-bond donors (Lipinski definition) is 2. The van der Waals surface area contributed by atoms with E-state index in [1.165, 1.54) is 0 Å². The van der Waals surface area contributed by atoms with Gasteiger partial charge in [-0.25, -0.2) is 9.97 Å². The molecule has 0 spiro atoms. The third-order valence-electron chi connectivity index (χ3n) is 6.25. The molecule has 32 heavy (non-hydrogen) atoms. The van der Waals surface area contributed by atoms with Gasteiger partial charge in [0.1, 0.15) is 22.4 Å². The molecule has 1 aromatic heterocycles. The summed E-state index contributed by atoms with van der Waals surface area (Å²) < 4.78 is 0.868. The number of hydrogen-bond acceptors (Lipinski definition) is 6. The normalized spacial score (nSPS) is 18.1. The van der Waals surface area contributed by atoms with Gasteiger partial charge >= 0.3 is 0 Å². The van der Waals surface area contributed by atoms with Crippen molar-refractivity contribution in [1.82, 2.24) is 20.2 Å². The fraction of sp³-hybridized carbons (Fsp3) is 0.500. The van der Waals surface area contributed by atoms with Crippen LogP contribution in [0.5, 0.6) is 0 Å². The van der Waals surface area contributed by atoms with E-state index in [-0.39, 0.29) is 18.3 Å². The largest absolute Gasteiger partial charge is 0.369 e. The summed E-state index contributed by atoms with van der Waals surface area (Å²) in [4.78, 5) is 26.8. The number of benzene rings is 1. The monoisotopic (exact) mass is 542 g/mol. The highest BCUT2D eigenvalue weighted by molar-refractivity contribution is 9.10. The van der Waals surface area contributed by atoms with Crippen LogP contribution in [-0.2, 0) is 10.2 Å². The Morgan fingerprint density at radius 3 is 2.44 bits per heavy atom. The number of aromatic nitrogens is 2. The van der Waals surface area contributed by atoms with Crippen LogP contribution in [0.1, 0.15) is 25.3 Å². The van der Waals surface area contributed by atoms with Gasteiger partial charge in [-0.05, 0) is 66.5 Å². The molecule has 174 valence electrons. The second-order valence-corrected chi connectivity index (χ2v) is 9.24. The minimum Gasteiger partial charge on any atom is -0.369 e. The molecule has 7 nitrogen and oxygen atoms in total. The molecule has 2 aromatic rings. The number of piperidine rings is 1. The molecule has 4 rings (SSSR count). The molecule has 2 N–H and O–H groups in total. The van der Waals surface area contributed by atoms with Crippen molar-refractivity contribution in [2.75, 3.05) is 56.0 Å². The number of piperazine rings is 1. The molecule has 10 heteroatoms. The third kappa shape index (κ3) is 4.98. The molecule has 0 unspecified atom stereocenters. The summed E-state index contributed by atoms with van der Waals surface area (Å²) in [5.41, 5.74) is 0.589. The van der Waals surface area contributed by atoms with E-state index in [0.29, 0.717) is 18.1 Å². The van der Waals surface area contributed by atoms with Gasteiger partial charge < -0.3 is 20.4 Å². The quantitative estimate of drug-likeness (QED) is 0.599. The number of carbonyl (C=O) groups excluding carboxylic acids is 1. The van der Waals surface area contributed by atoms with Gasteiger partial charge in [0, 0.05) is 37.7 Å². The second-order valence-electron chi connectivity index (χ2n) is 8.01. The fourth-order valence-electron chi connectivity index (χ4n) is 4.54. The average Bonchev–Trinajstić information content (AvgIpc) is 2.81. The summed E-state index contributed by atoms with van der Waals surface area (Å²) in [6.45, 7) is 7.34. The smallest absolute Gasteiger partial charge is 0.233 e. The van der Waals surface area contributed by atoms with Gasteiger partial charge in [-0.2, -0.15) is 0 Å². The molecule has 2 aliphatic heterocycles. The topological polar surface area (TPSA) is 73.4 Å². The number of carbonyl (C=O) groups is 1. The molecule has 0 bridgehead atoms. The first-order chi connectivity index (χ1) is 15.0. The number of anilines is 2. The summed E-state index contributed by atoms with van der Waals surface area (Å²) in [5, 5.41) is 7.34. The molecule has 0 radical (unpaired) electrons. The highest BCUT2D eigenvalue weighted by atomic mass is 79.9. The number of nitrogens with one attached hydrogen (secondary N) is 2. The maximum atomic E-state index is 13.8. The lowest BCUT2D eigenvalue weighted by Gasteiger charge is -2.43. The molecule has 1 amide bonds. The maximum Gasteiger partial charge on any atom is 0.233 e. The van der Waals surface area contributed by atoms with Gasteiger partial charge in [0.25, 0.3) is 0 Å². The predicted octanol–water partition coefficient (Wildman–Crippen LogP) is 3.72. The summed E-state index contributed by atoms with van der Waals surface area (Å²) in [5.74, 6) is 1.89. The molecule has 1 aromatic carbocycles. The minimum absolute atomic E-state index is 0. The zero-order chi connectivity index (χ0) is 21.8. The van der Waals surface area contributed by atoms with Gasteiger partial charge in [-0.1, -0.05) is 23.7 Å². The van der Waals surface area contributed by atoms with Crippen LogP contribution < -0.4 is 15.5 Å². The van der Waals surface area contributed by atoms with E-state index in [2.05, 4.69) is 41.4 Å².